The van der Waals surface area contributed by atoms with Gasteiger partial charge in [0.05, 0.1) is 12.0 Å². The number of aromatic nitrogens is 3. The highest BCUT2D eigenvalue weighted by molar-refractivity contribution is 8.01. The Morgan fingerprint density at radius 1 is 1.58 bits per heavy atom. The van der Waals surface area contributed by atoms with Crippen LogP contribution in [-0.2, 0) is 4.79 Å². The maximum absolute atomic E-state index is 11.5. The number of nitrogens with zero attached hydrogens (tertiary/aromatic N) is 4. The zero-order valence-corrected chi connectivity index (χ0v) is 11.7. The van der Waals surface area contributed by atoms with Crippen molar-refractivity contribution in [3.05, 3.63) is 35.1 Å². The van der Waals surface area contributed by atoms with Crippen molar-refractivity contribution >= 4 is 35.2 Å². The highest BCUT2D eigenvalue weighted by atomic mass is 32.2. The fourth-order valence-electron chi connectivity index (χ4n) is 1.13. The molecule has 8 heteroatoms. The van der Waals surface area contributed by atoms with E-state index in [1.54, 1.807) is 24.7 Å². The highest BCUT2D eigenvalue weighted by Crippen LogP contribution is 2.21. The quantitative estimate of drug-likeness (QED) is 0.513. The van der Waals surface area contributed by atoms with Crippen molar-refractivity contribution in [1.29, 1.82) is 0 Å². The molecule has 19 heavy (non-hydrogen) atoms. The van der Waals surface area contributed by atoms with E-state index in [2.05, 4.69) is 25.7 Å². The molecule has 0 aliphatic rings. The lowest BCUT2D eigenvalue weighted by Gasteiger charge is -1.97. The molecule has 2 heterocycles. The first-order valence-electron chi connectivity index (χ1n) is 5.39. The van der Waals surface area contributed by atoms with Gasteiger partial charge in [-0.2, -0.15) is 5.10 Å². The van der Waals surface area contributed by atoms with E-state index in [9.17, 15) is 4.79 Å². The van der Waals surface area contributed by atoms with Gasteiger partial charge in [-0.05, 0) is 13.0 Å². The Balaban J connectivity index is 1.74. The Hall–Kier alpha value is -1.80. The van der Waals surface area contributed by atoms with Crippen LogP contribution >= 0.6 is 23.1 Å². The van der Waals surface area contributed by atoms with Crippen LogP contribution in [0.1, 0.15) is 10.6 Å². The lowest BCUT2D eigenvalue weighted by Crippen LogP contribution is -2.19. The third kappa shape index (κ3) is 4.76. The largest absolute Gasteiger partial charge is 0.272 e. The number of nitrogens with one attached hydrogen (secondary N) is 1. The maximum Gasteiger partial charge on any atom is 0.250 e. The molecule has 0 radical (unpaired) electrons. The molecule has 1 amide bonds. The average Bonchev–Trinajstić information content (AvgIpc) is 2.83. The number of hydrogen-bond donors (Lipinski definition) is 1. The van der Waals surface area contributed by atoms with Crippen LogP contribution in [0, 0.1) is 6.92 Å². The van der Waals surface area contributed by atoms with Crippen molar-refractivity contribution in [2.45, 2.75) is 11.3 Å². The first kappa shape index (κ1) is 13.6. The molecule has 0 atom stereocenters. The van der Waals surface area contributed by atoms with Crippen molar-refractivity contribution in [1.82, 2.24) is 20.6 Å². The standard InChI is InChI=1S/C11H11N5OS2/c1-8-14-16-11(19-8)18-7-10(17)15-13-6-9-3-2-4-12-5-9/h2-6H,7H2,1H3,(H,15,17). The predicted octanol–water partition coefficient (Wildman–Crippen LogP) is 1.48. The molecule has 1 N–H and O–H groups in total. The maximum atomic E-state index is 11.5. The summed E-state index contributed by atoms with van der Waals surface area (Å²) in [6, 6.07) is 3.65. The molecule has 0 saturated carbocycles. The Morgan fingerprint density at radius 2 is 2.47 bits per heavy atom. The molecule has 0 spiro atoms. The molecule has 0 aromatic carbocycles. The summed E-state index contributed by atoms with van der Waals surface area (Å²) < 4.78 is 0.781. The second-order valence-corrected chi connectivity index (χ2v) is 5.86. The fraction of sp³-hybridized carbons (Fsp3) is 0.182. The van der Waals surface area contributed by atoms with Crippen LogP contribution in [0.15, 0.2) is 34.0 Å². The molecule has 0 aliphatic heterocycles. The minimum Gasteiger partial charge on any atom is -0.272 e. The molecule has 2 rings (SSSR count). The van der Waals surface area contributed by atoms with Crippen molar-refractivity contribution in [3.63, 3.8) is 0 Å². The van der Waals surface area contributed by atoms with Crippen molar-refractivity contribution in [2.24, 2.45) is 5.10 Å². The summed E-state index contributed by atoms with van der Waals surface area (Å²) >= 11 is 2.81. The van der Waals surface area contributed by atoms with Gasteiger partial charge in [0.2, 0.25) is 0 Å². The summed E-state index contributed by atoms with van der Waals surface area (Å²) in [5.41, 5.74) is 3.28. The highest BCUT2D eigenvalue weighted by Gasteiger charge is 2.05. The van der Waals surface area contributed by atoms with E-state index in [4.69, 9.17) is 0 Å². The van der Waals surface area contributed by atoms with Crippen LogP contribution in [0.2, 0.25) is 0 Å². The summed E-state index contributed by atoms with van der Waals surface area (Å²) in [6.45, 7) is 1.87. The zero-order valence-electron chi connectivity index (χ0n) is 10.1. The summed E-state index contributed by atoms with van der Waals surface area (Å²) in [5.74, 6) is 0.0805. The van der Waals surface area contributed by atoms with Gasteiger partial charge >= 0.3 is 0 Å². The van der Waals surface area contributed by atoms with Gasteiger partial charge in [0.15, 0.2) is 4.34 Å². The van der Waals surface area contributed by atoms with Gasteiger partial charge in [-0.3, -0.25) is 9.78 Å². The number of rotatable bonds is 5. The molecule has 0 bridgehead atoms. The van der Waals surface area contributed by atoms with Gasteiger partial charge in [0.25, 0.3) is 5.91 Å². The number of amides is 1. The second kappa shape index (κ2) is 6.95. The summed E-state index contributed by atoms with van der Waals surface area (Å²) in [5, 5.41) is 12.5. The first-order chi connectivity index (χ1) is 9.24. The molecule has 2 aromatic rings. The molecule has 98 valence electrons. The van der Waals surface area contributed by atoms with Gasteiger partial charge in [-0.25, -0.2) is 5.43 Å². The minimum atomic E-state index is -0.182. The van der Waals surface area contributed by atoms with Crippen LogP contribution in [0.25, 0.3) is 0 Å². The molecule has 0 aliphatic carbocycles. The number of hydrazone groups is 1. The molecule has 6 nitrogen and oxygen atoms in total. The fourth-order valence-corrected chi connectivity index (χ4v) is 2.74. The third-order valence-electron chi connectivity index (χ3n) is 1.92. The Morgan fingerprint density at radius 3 is 3.16 bits per heavy atom. The van der Waals surface area contributed by atoms with Crippen molar-refractivity contribution < 1.29 is 4.79 Å². The number of carbonyl (C=O) groups is 1. The Bertz CT molecular complexity index is 569. The normalized spacial score (nSPS) is 10.8. The topological polar surface area (TPSA) is 80.1 Å². The summed E-state index contributed by atoms with van der Waals surface area (Å²) in [4.78, 5) is 15.4. The average molecular weight is 293 g/mol. The molecular weight excluding hydrogens is 282 g/mol. The molecule has 0 saturated heterocycles. The van der Waals surface area contributed by atoms with E-state index in [0.29, 0.717) is 0 Å². The Labute approximate surface area is 118 Å². The lowest BCUT2D eigenvalue weighted by atomic mass is 10.3. The number of hydrogen-bond acceptors (Lipinski definition) is 7. The van der Waals surface area contributed by atoms with Gasteiger partial charge in [0.1, 0.15) is 5.01 Å². The van der Waals surface area contributed by atoms with Crippen LogP contribution < -0.4 is 5.43 Å². The zero-order chi connectivity index (χ0) is 13.5. The van der Waals surface area contributed by atoms with E-state index in [-0.39, 0.29) is 11.7 Å². The van der Waals surface area contributed by atoms with E-state index in [1.165, 1.54) is 23.1 Å². The molecule has 0 unspecified atom stereocenters. The van der Waals surface area contributed by atoms with Crippen LogP contribution in [0.3, 0.4) is 0 Å². The van der Waals surface area contributed by atoms with Gasteiger partial charge < -0.3 is 0 Å². The minimum absolute atomic E-state index is 0.182. The molecule has 2 aromatic heterocycles. The van der Waals surface area contributed by atoms with Gasteiger partial charge in [-0.1, -0.05) is 29.2 Å². The first-order valence-corrected chi connectivity index (χ1v) is 7.19. The van der Waals surface area contributed by atoms with Crippen molar-refractivity contribution in [3.8, 4) is 0 Å². The molecular formula is C11H11N5OS2. The van der Waals surface area contributed by atoms with E-state index in [0.717, 1.165) is 14.9 Å². The summed E-state index contributed by atoms with van der Waals surface area (Å²) in [7, 11) is 0. The number of pyridine rings is 1. The SMILES string of the molecule is Cc1nnc(SCC(=O)NN=Cc2cccnc2)s1. The number of thioether (sulfide) groups is 1. The van der Waals surface area contributed by atoms with Crippen LogP contribution in [0.5, 0.6) is 0 Å². The van der Waals surface area contributed by atoms with Crippen LogP contribution in [-0.4, -0.2) is 33.1 Å². The second-order valence-electron chi connectivity index (χ2n) is 3.46. The smallest absolute Gasteiger partial charge is 0.250 e. The van der Waals surface area contributed by atoms with Crippen molar-refractivity contribution in [2.75, 3.05) is 5.75 Å². The lowest BCUT2D eigenvalue weighted by molar-refractivity contribution is -0.118. The van der Waals surface area contributed by atoms with E-state index < -0.39 is 0 Å². The van der Waals surface area contributed by atoms with Gasteiger partial charge in [-0.15, -0.1) is 10.2 Å². The third-order valence-corrected chi connectivity index (χ3v) is 3.89. The van der Waals surface area contributed by atoms with Gasteiger partial charge in [0, 0.05) is 18.0 Å². The Kier molecular flexibility index (Phi) is 4.99. The van der Waals surface area contributed by atoms with Crippen LogP contribution in [0.4, 0.5) is 0 Å². The van der Waals surface area contributed by atoms with E-state index in [1.807, 2.05) is 13.0 Å². The molecule has 0 fully saturated rings. The number of carbonyl (C=O) groups excluding carboxylic acids is 1. The summed E-state index contributed by atoms with van der Waals surface area (Å²) in [6.07, 6.45) is 4.88. The van der Waals surface area contributed by atoms with E-state index >= 15 is 0 Å². The number of aryl methyl sites for hydroxylation is 1. The monoisotopic (exact) mass is 293 g/mol. The predicted molar refractivity (Wildman–Crippen MR) is 75.3 cm³/mol.